The van der Waals surface area contributed by atoms with Crippen LogP contribution in [0.25, 0.3) is 0 Å². The molecule has 0 aliphatic rings. The highest BCUT2D eigenvalue weighted by Gasteiger charge is 2.31. The number of carbonyl (C=O) groups excluding carboxylic acids is 8. The van der Waals surface area contributed by atoms with Crippen molar-refractivity contribution >= 4 is 47.3 Å². The molecule has 2 aromatic rings. The second-order valence-electron chi connectivity index (χ2n) is 17.4. The van der Waals surface area contributed by atoms with Gasteiger partial charge in [0.2, 0.25) is 47.3 Å². The van der Waals surface area contributed by atoms with Crippen LogP contribution in [0.15, 0.2) is 72.8 Å². The molecule has 0 aliphatic heterocycles. The van der Waals surface area contributed by atoms with Crippen molar-refractivity contribution < 1.29 is 38.4 Å². The Labute approximate surface area is 412 Å². The second kappa shape index (κ2) is 35.8. The molecule has 0 radical (unpaired) electrons. The van der Waals surface area contributed by atoms with Crippen LogP contribution in [0.3, 0.4) is 0 Å². The van der Waals surface area contributed by atoms with Crippen molar-refractivity contribution in [1.29, 1.82) is 0 Å². The van der Waals surface area contributed by atoms with E-state index < -0.39 is 83.5 Å². The molecule has 0 fully saturated rings. The molecule has 0 unspecified atom stereocenters. The fraction of sp³-hybridized carbons (Fsp3) is 0.560. The van der Waals surface area contributed by atoms with Crippen LogP contribution in [0, 0.1) is 0 Å². The van der Waals surface area contributed by atoms with Gasteiger partial charge >= 0.3 is 0 Å². The Kier molecular flexibility index (Phi) is 30.7. The van der Waals surface area contributed by atoms with Crippen LogP contribution in [-0.2, 0) is 51.2 Å². The molecule has 0 saturated heterocycles. The molecule has 20 heteroatoms. The van der Waals surface area contributed by atoms with E-state index in [1.165, 1.54) is 0 Å². The van der Waals surface area contributed by atoms with E-state index in [9.17, 15) is 38.4 Å². The molecule has 0 spiro atoms. The van der Waals surface area contributed by atoms with Gasteiger partial charge in [-0.25, -0.2) is 0 Å². The summed E-state index contributed by atoms with van der Waals surface area (Å²) in [6, 6.07) is 12.1. The summed E-state index contributed by atoms with van der Waals surface area (Å²) in [5.41, 5.74) is 35.3. The highest BCUT2D eigenvalue weighted by Crippen LogP contribution is 2.11. The van der Waals surface area contributed by atoms with Crippen LogP contribution < -0.4 is 66.3 Å². The smallest absolute Gasteiger partial charge is 0.243 e. The number of hydrogen-bond donors (Lipinski definition) is 12. The average molecular weight is 977 g/mol. The third-order valence-electron chi connectivity index (χ3n) is 11.5. The zero-order valence-corrected chi connectivity index (χ0v) is 40.7. The van der Waals surface area contributed by atoms with Crippen molar-refractivity contribution in [1.82, 2.24) is 31.9 Å². The number of unbranched alkanes of at least 4 members (excludes halogenated alkanes) is 4. The van der Waals surface area contributed by atoms with Gasteiger partial charge in [0, 0.05) is 25.7 Å². The topological polar surface area (TPSA) is 365 Å². The summed E-state index contributed by atoms with van der Waals surface area (Å²) in [6.45, 7) is 1.61. The fourth-order valence-electron chi connectivity index (χ4n) is 7.48. The van der Waals surface area contributed by atoms with Crippen molar-refractivity contribution in [3.05, 3.63) is 83.9 Å². The molecule has 6 atom stereocenters. The quantitative estimate of drug-likeness (QED) is 0.0312. The number of benzene rings is 2. The largest absolute Gasteiger partial charge is 0.368 e. The van der Waals surface area contributed by atoms with Gasteiger partial charge in [-0.1, -0.05) is 72.8 Å². The number of hydrogen-bond acceptors (Lipinski definition) is 12. The van der Waals surface area contributed by atoms with E-state index in [1.54, 1.807) is 36.4 Å². The minimum absolute atomic E-state index is 0.0232. The summed E-state index contributed by atoms with van der Waals surface area (Å²) in [7, 11) is 0. The molecule has 0 heterocycles. The molecular weight excluding hydrogens is 897 g/mol. The van der Waals surface area contributed by atoms with Gasteiger partial charge in [-0.2, -0.15) is 0 Å². The number of allylic oxidation sites excluding steroid dienone is 2. The van der Waals surface area contributed by atoms with Crippen LogP contribution in [-0.4, -0.2) is 110 Å². The second-order valence-corrected chi connectivity index (χ2v) is 17.4. The minimum Gasteiger partial charge on any atom is -0.368 e. The number of primary amides is 2. The monoisotopic (exact) mass is 977 g/mol. The molecule has 0 aromatic heterocycles. The van der Waals surface area contributed by atoms with E-state index in [4.69, 9.17) is 34.4 Å². The minimum atomic E-state index is -1.08. The summed E-state index contributed by atoms with van der Waals surface area (Å²) >= 11 is 0. The molecule has 388 valence electrons. The lowest BCUT2D eigenvalue weighted by Crippen LogP contribution is -2.57. The fourth-order valence-corrected chi connectivity index (χ4v) is 7.48. The van der Waals surface area contributed by atoms with Crippen molar-refractivity contribution in [2.24, 2.45) is 34.4 Å². The number of nitrogens with two attached hydrogens (primary N) is 6. The Morgan fingerprint density at radius 3 is 0.971 bits per heavy atom. The van der Waals surface area contributed by atoms with Crippen LogP contribution >= 0.6 is 0 Å². The summed E-state index contributed by atoms with van der Waals surface area (Å²) in [4.78, 5) is 106. The highest BCUT2D eigenvalue weighted by molar-refractivity contribution is 5.95. The Bertz CT molecular complexity index is 1790. The third kappa shape index (κ3) is 25.4. The first-order valence-corrected chi connectivity index (χ1v) is 24.6. The van der Waals surface area contributed by atoms with E-state index in [2.05, 4.69) is 31.9 Å². The summed E-state index contributed by atoms with van der Waals surface area (Å²) < 4.78 is 0. The Morgan fingerprint density at radius 2 is 0.671 bits per heavy atom. The van der Waals surface area contributed by atoms with E-state index >= 15 is 0 Å². The Morgan fingerprint density at radius 1 is 0.386 bits per heavy atom. The maximum Gasteiger partial charge on any atom is 0.243 e. The van der Waals surface area contributed by atoms with Gasteiger partial charge in [0.15, 0.2) is 0 Å². The van der Waals surface area contributed by atoms with Crippen LogP contribution in [0.2, 0.25) is 0 Å². The molecule has 18 N–H and O–H groups in total. The van der Waals surface area contributed by atoms with Crippen LogP contribution in [0.5, 0.6) is 0 Å². The molecule has 2 aromatic carbocycles. The molecule has 8 amide bonds. The molecule has 0 saturated carbocycles. The lowest BCUT2D eigenvalue weighted by molar-refractivity contribution is -0.133. The molecule has 2 rings (SSSR count). The number of carbonyl (C=O) groups is 8. The third-order valence-corrected chi connectivity index (χ3v) is 11.5. The summed E-state index contributed by atoms with van der Waals surface area (Å²) in [5.74, 6) is -4.56. The highest BCUT2D eigenvalue weighted by atomic mass is 16.2. The number of nitrogens with one attached hydrogen (secondary N) is 6. The molecule has 0 aliphatic carbocycles. The molecular formula is C50H80N12O8. The average Bonchev–Trinajstić information content (AvgIpc) is 3.33. The van der Waals surface area contributed by atoms with Crippen LogP contribution in [0.1, 0.15) is 114 Å². The predicted octanol–water partition coefficient (Wildman–Crippen LogP) is -0.0162. The Balaban J connectivity index is 2.06. The maximum absolute atomic E-state index is 13.8. The Hall–Kier alpha value is -6.22. The van der Waals surface area contributed by atoms with Gasteiger partial charge in [-0.05, 0) is 127 Å². The van der Waals surface area contributed by atoms with Crippen molar-refractivity contribution in [3.63, 3.8) is 0 Å². The number of rotatable bonds is 38. The van der Waals surface area contributed by atoms with Gasteiger partial charge in [0.05, 0.1) is 0 Å². The molecule has 0 bridgehead atoms. The summed E-state index contributed by atoms with van der Waals surface area (Å²) in [6.07, 6.45) is 10.1. The van der Waals surface area contributed by atoms with Gasteiger partial charge in [0.1, 0.15) is 36.3 Å². The maximum atomic E-state index is 13.8. The zero-order chi connectivity index (χ0) is 51.5. The zero-order valence-electron chi connectivity index (χ0n) is 40.7. The number of amides is 8. The first-order chi connectivity index (χ1) is 33.7. The van der Waals surface area contributed by atoms with Crippen LogP contribution in [0.4, 0.5) is 0 Å². The normalized spacial score (nSPS) is 13.7. The molecule has 70 heavy (non-hydrogen) atoms. The van der Waals surface area contributed by atoms with E-state index in [0.717, 1.165) is 11.1 Å². The van der Waals surface area contributed by atoms with E-state index in [0.29, 0.717) is 90.4 Å². The first-order valence-electron chi connectivity index (χ1n) is 24.6. The lowest BCUT2D eigenvalue weighted by Gasteiger charge is -2.25. The molecule has 20 nitrogen and oxygen atoms in total. The predicted molar refractivity (Wildman–Crippen MR) is 269 cm³/mol. The van der Waals surface area contributed by atoms with E-state index in [-0.39, 0.29) is 51.4 Å². The van der Waals surface area contributed by atoms with Crippen molar-refractivity contribution in [2.75, 3.05) is 26.2 Å². The van der Waals surface area contributed by atoms with E-state index in [1.807, 2.05) is 36.4 Å². The van der Waals surface area contributed by atoms with Gasteiger partial charge in [0.25, 0.3) is 0 Å². The summed E-state index contributed by atoms with van der Waals surface area (Å²) in [5, 5.41) is 16.5. The van der Waals surface area contributed by atoms with Gasteiger partial charge in [-0.15, -0.1) is 0 Å². The van der Waals surface area contributed by atoms with Crippen molar-refractivity contribution in [3.8, 4) is 0 Å². The lowest BCUT2D eigenvalue weighted by atomic mass is 10.0. The van der Waals surface area contributed by atoms with Gasteiger partial charge in [-0.3, -0.25) is 38.4 Å². The van der Waals surface area contributed by atoms with Crippen molar-refractivity contribution in [2.45, 2.75) is 152 Å². The first kappa shape index (κ1) is 59.9. The van der Waals surface area contributed by atoms with Gasteiger partial charge < -0.3 is 66.3 Å². The standard InChI is InChI=1S/C50H80N12O8/c51-29-15-11-23-37(45(55)65)59-49(69)41(33-35-19-5-3-6-20-35)61-47(67)39(25-13-17-31-53)57-43(63)27-9-1-2-10-28-44(64)58-40(26-14-18-32-54)48(68)62-42(34-36-21-7-4-8-22-36)50(70)60-38(46(56)66)24-12-16-30-52/h1-8,19-22,37-42H,9-18,23-34,51-54H2,(H2,55,65)(H2,56,66)(H,57,63)(H,58,64)(H,59,69)(H,60,70)(H,61,67)(H,62,68)/b2-1+/t37-,38-,39-,40-,41-,42-/m0/s1. The SMILES string of the molecule is NCCCC[C@H](NC(=O)[C@H](Cc1ccccc1)NC(=O)[C@H](CCCCN)NC(=O)CC/C=C/CCC(=O)N[C@@H](CCCCN)C(=O)N[C@@H](Cc1ccccc1)C(=O)N[C@@H](CCCCN)C(N)=O)C(N)=O.